The van der Waals surface area contributed by atoms with E-state index in [1.165, 1.54) is 17.5 Å². The summed E-state index contributed by atoms with van der Waals surface area (Å²) in [5.74, 6) is 0. The van der Waals surface area contributed by atoms with Gasteiger partial charge in [0.15, 0.2) is 0 Å². The van der Waals surface area contributed by atoms with Gasteiger partial charge in [0.1, 0.15) is 0 Å². The number of halogens is 1. The fraction of sp³-hybridized carbons (Fsp3) is 0.333. The molecule has 5 nitrogen and oxygen atoms in total. The molecule has 0 bridgehead atoms. The molecule has 0 aliphatic heterocycles. The van der Waals surface area contributed by atoms with Crippen molar-refractivity contribution in [3.05, 3.63) is 39.3 Å². The third-order valence-corrected chi connectivity index (χ3v) is 5.42. The number of hydrogen-bond acceptors (Lipinski definition) is 4. The molecule has 0 amide bonds. The minimum atomic E-state index is -3.46. The van der Waals surface area contributed by atoms with E-state index < -0.39 is 10.0 Å². The summed E-state index contributed by atoms with van der Waals surface area (Å²) in [5, 5.41) is 2.96. The third-order valence-electron chi connectivity index (χ3n) is 2.69. The van der Waals surface area contributed by atoms with Crippen LogP contribution in [0.1, 0.15) is 10.6 Å². The SMILES string of the molecule is CNCc1cc(S(=O)(=O)NCCc2ccc(Cl)s2)c[nH]1. The predicted molar refractivity (Wildman–Crippen MR) is 81.8 cm³/mol. The van der Waals surface area contributed by atoms with Crippen molar-refractivity contribution >= 4 is 33.0 Å². The lowest BCUT2D eigenvalue weighted by Gasteiger charge is -2.03. The summed E-state index contributed by atoms with van der Waals surface area (Å²) in [4.78, 5) is 4.24. The van der Waals surface area contributed by atoms with E-state index in [0.29, 0.717) is 23.8 Å². The fourth-order valence-corrected chi connectivity index (χ4v) is 3.88. The third kappa shape index (κ3) is 4.07. The summed E-state index contributed by atoms with van der Waals surface area (Å²) in [6.45, 7) is 0.953. The van der Waals surface area contributed by atoms with E-state index in [4.69, 9.17) is 11.6 Å². The van der Waals surface area contributed by atoms with E-state index in [-0.39, 0.29) is 4.90 Å². The van der Waals surface area contributed by atoms with Gasteiger partial charge in [0, 0.05) is 29.9 Å². The monoisotopic (exact) mass is 333 g/mol. The molecule has 2 rings (SSSR count). The summed E-state index contributed by atoms with van der Waals surface area (Å²) >= 11 is 7.29. The molecule has 0 fully saturated rings. The number of H-pyrrole nitrogens is 1. The van der Waals surface area contributed by atoms with E-state index in [1.54, 1.807) is 13.1 Å². The highest BCUT2D eigenvalue weighted by Gasteiger charge is 2.15. The van der Waals surface area contributed by atoms with Crippen molar-refractivity contribution in [3.63, 3.8) is 0 Å². The number of hydrogen-bond donors (Lipinski definition) is 3. The minimum Gasteiger partial charge on any atom is -0.363 e. The van der Waals surface area contributed by atoms with Crippen LogP contribution >= 0.6 is 22.9 Å². The smallest absolute Gasteiger partial charge is 0.242 e. The second kappa shape index (κ2) is 6.73. The van der Waals surface area contributed by atoms with Crippen LogP contribution < -0.4 is 10.0 Å². The van der Waals surface area contributed by atoms with Gasteiger partial charge >= 0.3 is 0 Å². The van der Waals surface area contributed by atoms with Crippen LogP contribution in [0, 0.1) is 0 Å². The van der Waals surface area contributed by atoms with E-state index >= 15 is 0 Å². The zero-order valence-electron chi connectivity index (χ0n) is 10.9. The van der Waals surface area contributed by atoms with Gasteiger partial charge < -0.3 is 10.3 Å². The number of aromatic nitrogens is 1. The summed E-state index contributed by atoms with van der Waals surface area (Å²) in [7, 11) is -1.65. The standard InChI is InChI=1S/C12H16ClN3O2S2/c1-14-7-9-6-11(8-15-9)20(17,18)16-5-4-10-2-3-12(13)19-10/h2-3,6,8,14-16H,4-5,7H2,1H3. The fourth-order valence-electron chi connectivity index (χ4n) is 1.74. The first-order valence-electron chi connectivity index (χ1n) is 6.07. The molecule has 0 aliphatic carbocycles. The second-order valence-corrected chi connectivity index (χ2v) is 7.81. The Morgan fingerprint density at radius 3 is 2.85 bits per heavy atom. The Morgan fingerprint density at radius 1 is 1.40 bits per heavy atom. The van der Waals surface area contributed by atoms with Crippen LogP contribution in [0.4, 0.5) is 0 Å². The van der Waals surface area contributed by atoms with Gasteiger partial charge in [0.2, 0.25) is 10.0 Å². The molecule has 0 aromatic carbocycles. The number of sulfonamides is 1. The first kappa shape index (κ1) is 15.5. The molecule has 0 spiro atoms. The van der Waals surface area contributed by atoms with Crippen LogP contribution in [0.2, 0.25) is 4.34 Å². The van der Waals surface area contributed by atoms with Crippen molar-refractivity contribution in [2.75, 3.05) is 13.6 Å². The van der Waals surface area contributed by atoms with Crippen LogP contribution in [0.15, 0.2) is 29.3 Å². The Morgan fingerprint density at radius 2 is 2.20 bits per heavy atom. The molecule has 0 radical (unpaired) electrons. The lowest BCUT2D eigenvalue weighted by molar-refractivity contribution is 0.582. The van der Waals surface area contributed by atoms with Gasteiger partial charge in [0.05, 0.1) is 9.23 Å². The molecular formula is C12H16ClN3O2S2. The molecule has 2 aromatic rings. The maximum Gasteiger partial charge on any atom is 0.242 e. The average molecular weight is 334 g/mol. The number of thiophene rings is 1. The largest absolute Gasteiger partial charge is 0.363 e. The van der Waals surface area contributed by atoms with Crippen molar-refractivity contribution < 1.29 is 8.42 Å². The average Bonchev–Trinajstić information content (AvgIpc) is 2.99. The van der Waals surface area contributed by atoms with Gasteiger partial charge in [-0.15, -0.1) is 11.3 Å². The van der Waals surface area contributed by atoms with E-state index in [0.717, 1.165) is 10.6 Å². The van der Waals surface area contributed by atoms with Crippen LogP contribution in [0.5, 0.6) is 0 Å². The lowest BCUT2D eigenvalue weighted by Crippen LogP contribution is -2.25. The van der Waals surface area contributed by atoms with Crippen LogP contribution in [-0.4, -0.2) is 27.0 Å². The number of nitrogens with one attached hydrogen (secondary N) is 3. The molecule has 0 saturated heterocycles. The van der Waals surface area contributed by atoms with Crippen LogP contribution in [0.25, 0.3) is 0 Å². The normalized spacial score (nSPS) is 11.9. The highest BCUT2D eigenvalue weighted by atomic mass is 35.5. The molecule has 0 atom stereocenters. The lowest BCUT2D eigenvalue weighted by atomic mass is 10.3. The zero-order chi connectivity index (χ0) is 14.6. The molecule has 2 aromatic heterocycles. The summed E-state index contributed by atoms with van der Waals surface area (Å²) in [5.41, 5.74) is 0.831. The van der Waals surface area contributed by atoms with Gasteiger partial charge in [0.25, 0.3) is 0 Å². The molecule has 0 aliphatic rings. The number of aromatic amines is 1. The van der Waals surface area contributed by atoms with Crippen LogP contribution in [-0.2, 0) is 23.0 Å². The maximum absolute atomic E-state index is 12.1. The Kier molecular flexibility index (Phi) is 5.22. The van der Waals surface area contributed by atoms with Crippen molar-refractivity contribution in [1.29, 1.82) is 0 Å². The van der Waals surface area contributed by atoms with Gasteiger partial charge in [-0.05, 0) is 31.7 Å². The quantitative estimate of drug-likeness (QED) is 0.725. The van der Waals surface area contributed by atoms with Crippen LogP contribution in [0.3, 0.4) is 0 Å². The molecule has 20 heavy (non-hydrogen) atoms. The van der Waals surface area contributed by atoms with Gasteiger partial charge in [-0.3, -0.25) is 0 Å². The molecular weight excluding hydrogens is 318 g/mol. The molecule has 0 unspecified atom stereocenters. The highest BCUT2D eigenvalue weighted by molar-refractivity contribution is 7.89. The van der Waals surface area contributed by atoms with Crippen molar-refractivity contribution in [1.82, 2.24) is 15.0 Å². The van der Waals surface area contributed by atoms with Crippen molar-refractivity contribution in [3.8, 4) is 0 Å². The van der Waals surface area contributed by atoms with Crippen molar-refractivity contribution in [2.24, 2.45) is 0 Å². The first-order chi connectivity index (χ1) is 9.51. The predicted octanol–water partition coefficient (Wildman–Crippen LogP) is 1.97. The Bertz CT molecular complexity index is 664. The summed E-state index contributed by atoms with van der Waals surface area (Å²) in [6, 6.07) is 5.34. The molecule has 0 saturated carbocycles. The molecule has 3 N–H and O–H groups in total. The maximum atomic E-state index is 12.1. The summed E-state index contributed by atoms with van der Waals surface area (Å²) in [6.07, 6.45) is 2.13. The first-order valence-corrected chi connectivity index (χ1v) is 8.75. The van der Waals surface area contributed by atoms with Crippen molar-refractivity contribution in [2.45, 2.75) is 17.9 Å². The van der Waals surface area contributed by atoms with Gasteiger partial charge in [-0.25, -0.2) is 13.1 Å². The number of rotatable bonds is 7. The zero-order valence-corrected chi connectivity index (χ0v) is 13.3. The summed E-state index contributed by atoms with van der Waals surface area (Å²) < 4.78 is 27.4. The highest BCUT2D eigenvalue weighted by Crippen LogP contribution is 2.21. The van der Waals surface area contributed by atoms with E-state index in [2.05, 4.69) is 15.0 Å². The molecule has 110 valence electrons. The second-order valence-electron chi connectivity index (χ2n) is 4.24. The molecule has 2 heterocycles. The van der Waals surface area contributed by atoms with Gasteiger partial charge in [-0.1, -0.05) is 11.6 Å². The van der Waals surface area contributed by atoms with Gasteiger partial charge in [-0.2, -0.15) is 0 Å². The molecule has 8 heteroatoms. The minimum absolute atomic E-state index is 0.256. The van der Waals surface area contributed by atoms with E-state index in [9.17, 15) is 8.42 Å². The van der Waals surface area contributed by atoms with E-state index in [1.807, 2.05) is 12.1 Å². The Hall–Kier alpha value is -0.860. The Balaban J connectivity index is 1.92. The Labute approximate surface area is 127 Å². The topological polar surface area (TPSA) is 74.0 Å².